The molecule has 0 aliphatic heterocycles. The van der Waals surface area contributed by atoms with Gasteiger partial charge in [-0.05, 0) is 17.7 Å². The Morgan fingerprint density at radius 2 is 2.24 bits per heavy atom. The molecule has 0 saturated heterocycles. The van der Waals surface area contributed by atoms with Gasteiger partial charge in [-0.3, -0.25) is 0 Å². The van der Waals surface area contributed by atoms with Gasteiger partial charge in [0.05, 0.1) is 13.7 Å². The summed E-state index contributed by atoms with van der Waals surface area (Å²) in [5.74, 6) is 1.24. The number of carboxylic acid groups (broad SMARTS) is 1. The molecule has 0 aliphatic carbocycles. The number of hydrogen-bond acceptors (Lipinski definition) is 3. The molecule has 0 radical (unpaired) electrons. The predicted molar refractivity (Wildman–Crippen MR) is 67.1 cm³/mol. The largest absolute Gasteiger partial charge is 0.493 e. The van der Waals surface area contributed by atoms with Crippen LogP contribution in [0.3, 0.4) is 0 Å². The number of methoxy groups -OCH3 is 1. The van der Waals surface area contributed by atoms with E-state index in [1.807, 2.05) is 0 Å². The molecule has 0 heterocycles. The Hall–Kier alpha value is -1.43. The minimum Gasteiger partial charge on any atom is -0.493 e. The lowest BCUT2D eigenvalue weighted by Crippen LogP contribution is -2.19. The Kier molecular flexibility index (Phi) is 5.62. The lowest BCUT2D eigenvalue weighted by Gasteiger charge is -2.11. The molecule has 5 nitrogen and oxygen atoms in total. The zero-order valence-corrected chi connectivity index (χ0v) is 11.0. The average Bonchev–Trinajstić information content (AvgIpc) is 2.34. The Labute approximate surface area is 108 Å². The second kappa shape index (κ2) is 7.01. The van der Waals surface area contributed by atoms with Gasteiger partial charge >= 0.3 is 6.09 Å². The molecular weight excluding hydrogens is 290 g/mol. The van der Waals surface area contributed by atoms with Gasteiger partial charge in [-0.2, -0.15) is 0 Å². The van der Waals surface area contributed by atoms with E-state index in [0.717, 1.165) is 10.9 Å². The number of ether oxygens (including phenoxy) is 2. The highest BCUT2D eigenvalue weighted by Crippen LogP contribution is 2.28. The van der Waals surface area contributed by atoms with Crippen molar-refractivity contribution < 1.29 is 19.4 Å². The van der Waals surface area contributed by atoms with E-state index in [0.29, 0.717) is 18.1 Å². The van der Waals surface area contributed by atoms with Crippen molar-refractivity contribution in [3.05, 3.63) is 23.8 Å². The zero-order chi connectivity index (χ0) is 12.7. The van der Waals surface area contributed by atoms with Crippen LogP contribution in [-0.2, 0) is 6.54 Å². The lowest BCUT2D eigenvalue weighted by molar-refractivity contribution is 0.194. The smallest absolute Gasteiger partial charge is 0.404 e. The van der Waals surface area contributed by atoms with Gasteiger partial charge in [0.15, 0.2) is 11.5 Å². The molecule has 0 aromatic heterocycles. The monoisotopic (exact) mass is 303 g/mol. The highest BCUT2D eigenvalue weighted by molar-refractivity contribution is 9.09. The molecule has 2 N–H and O–H groups in total. The van der Waals surface area contributed by atoms with Crippen molar-refractivity contribution in [3.8, 4) is 11.5 Å². The van der Waals surface area contributed by atoms with Gasteiger partial charge in [-0.15, -0.1) is 0 Å². The van der Waals surface area contributed by atoms with Crippen molar-refractivity contribution >= 4 is 22.0 Å². The fourth-order valence-corrected chi connectivity index (χ4v) is 1.43. The quantitative estimate of drug-likeness (QED) is 0.791. The molecule has 0 bridgehead atoms. The third-order valence-electron chi connectivity index (χ3n) is 2.01. The molecule has 17 heavy (non-hydrogen) atoms. The van der Waals surface area contributed by atoms with Crippen molar-refractivity contribution in [2.24, 2.45) is 0 Å². The summed E-state index contributed by atoms with van der Waals surface area (Å²) in [6.45, 7) is 0.785. The summed E-state index contributed by atoms with van der Waals surface area (Å²) >= 11 is 3.27. The van der Waals surface area contributed by atoms with Crippen LogP contribution in [-0.4, -0.2) is 30.2 Å². The summed E-state index contributed by atoms with van der Waals surface area (Å²) < 4.78 is 10.6. The summed E-state index contributed by atoms with van der Waals surface area (Å²) in [6.07, 6.45) is -1.05. The number of alkyl halides is 1. The van der Waals surface area contributed by atoms with E-state index in [4.69, 9.17) is 14.6 Å². The van der Waals surface area contributed by atoms with Crippen LogP contribution in [0.15, 0.2) is 18.2 Å². The SMILES string of the molecule is COc1cc(CNC(=O)O)ccc1OCCBr. The van der Waals surface area contributed by atoms with Gasteiger partial charge in [-0.1, -0.05) is 22.0 Å². The molecule has 0 spiro atoms. The van der Waals surface area contributed by atoms with Crippen LogP contribution in [0.1, 0.15) is 5.56 Å². The van der Waals surface area contributed by atoms with E-state index < -0.39 is 6.09 Å². The average molecular weight is 304 g/mol. The molecule has 0 saturated carbocycles. The number of carbonyl (C=O) groups is 1. The van der Waals surface area contributed by atoms with E-state index >= 15 is 0 Å². The number of nitrogens with one attached hydrogen (secondary N) is 1. The number of benzene rings is 1. The van der Waals surface area contributed by atoms with E-state index in [-0.39, 0.29) is 6.54 Å². The topological polar surface area (TPSA) is 67.8 Å². The van der Waals surface area contributed by atoms with E-state index in [9.17, 15) is 4.79 Å². The maximum atomic E-state index is 10.4. The Morgan fingerprint density at radius 3 is 2.82 bits per heavy atom. The fraction of sp³-hybridized carbons (Fsp3) is 0.364. The van der Waals surface area contributed by atoms with E-state index in [1.54, 1.807) is 25.3 Å². The second-order valence-corrected chi connectivity index (χ2v) is 3.97. The summed E-state index contributed by atoms with van der Waals surface area (Å²) in [5, 5.41) is 11.5. The van der Waals surface area contributed by atoms with Crippen LogP contribution in [0, 0.1) is 0 Å². The summed E-state index contributed by atoms with van der Waals surface area (Å²) in [4.78, 5) is 10.4. The summed E-state index contributed by atoms with van der Waals surface area (Å²) in [7, 11) is 1.55. The maximum absolute atomic E-state index is 10.4. The van der Waals surface area contributed by atoms with Crippen LogP contribution in [0.2, 0.25) is 0 Å². The molecule has 0 aliphatic rings. The van der Waals surface area contributed by atoms with Crippen LogP contribution >= 0.6 is 15.9 Å². The summed E-state index contributed by atoms with van der Waals surface area (Å²) in [6, 6.07) is 5.31. The van der Waals surface area contributed by atoms with Gasteiger partial charge < -0.3 is 19.9 Å². The maximum Gasteiger partial charge on any atom is 0.404 e. The van der Waals surface area contributed by atoms with Crippen LogP contribution in [0.4, 0.5) is 4.79 Å². The minimum absolute atomic E-state index is 0.240. The zero-order valence-electron chi connectivity index (χ0n) is 9.40. The molecule has 6 heteroatoms. The third kappa shape index (κ3) is 4.52. The molecule has 0 unspecified atom stereocenters. The van der Waals surface area contributed by atoms with Crippen molar-refractivity contribution in [3.63, 3.8) is 0 Å². The number of halogens is 1. The molecule has 1 aromatic rings. The molecule has 1 amide bonds. The number of hydrogen-bond donors (Lipinski definition) is 2. The van der Waals surface area contributed by atoms with Crippen molar-refractivity contribution in [2.45, 2.75) is 6.54 Å². The minimum atomic E-state index is -1.05. The molecule has 1 aromatic carbocycles. The fourth-order valence-electron chi connectivity index (χ4n) is 1.27. The van der Waals surface area contributed by atoms with Crippen molar-refractivity contribution in [2.75, 3.05) is 19.0 Å². The normalized spacial score (nSPS) is 9.76. The standard InChI is InChI=1S/C11H14BrNO4/c1-16-10-6-8(7-13-11(14)15)2-3-9(10)17-5-4-12/h2-3,6,13H,4-5,7H2,1H3,(H,14,15). The first-order valence-corrected chi connectivity index (χ1v) is 6.12. The first-order valence-electron chi connectivity index (χ1n) is 5.00. The number of rotatable bonds is 6. The van der Waals surface area contributed by atoms with Crippen LogP contribution < -0.4 is 14.8 Å². The highest BCUT2D eigenvalue weighted by atomic mass is 79.9. The van der Waals surface area contributed by atoms with Crippen molar-refractivity contribution in [1.82, 2.24) is 5.32 Å². The predicted octanol–water partition coefficient (Wildman–Crippen LogP) is 2.24. The number of amides is 1. The van der Waals surface area contributed by atoms with Crippen LogP contribution in [0.25, 0.3) is 0 Å². The van der Waals surface area contributed by atoms with Gasteiger partial charge in [-0.25, -0.2) is 4.79 Å². The highest BCUT2D eigenvalue weighted by Gasteiger charge is 2.06. The third-order valence-corrected chi connectivity index (χ3v) is 2.33. The molecule has 0 fully saturated rings. The van der Waals surface area contributed by atoms with E-state index in [1.165, 1.54) is 0 Å². The van der Waals surface area contributed by atoms with Crippen LogP contribution in [0.5, 0.6) is 11.5 Å². The Bertz CT molecular complexity index is 384. The van der Waals surface area contributed by atoms with Gasteiger partial charge in [0.2, 0.25) is 0 Å². The van der Waals surface area contributed by atoms with E-state index in [2.05, 4.69) is 21.2 Å². The lowest BCUT2D eigenvalue weighted by atomic mass is 10.2. The molecular formula is C11H14BrNO4. The van der Waals surface area contributed by atoms with Gasteiger partial charge in [0.25, 0.3) is 0 Å². The molecule has 1 rings (SSSR count). The first-order chi connectivity index (χ1) is 8.17. The summed E-state index contributed by atoms with van der Waals surface area (Å²) in [5.41, 5.74) is 0.815. The van der Waals surface area contributed by atoms with Gasteiger partial charge in [0, 0.05) is 11.9 Å². The molecule has 0 atom stereocenters. The molecule has 94 valence electrons. The van der Waals surface area contributed by atoms with Crippen molar-refractivity contribution in [1.29, 1.82) is 0 Å². The second-order valence-electron chi connectivity index (χ2n) is 3.18. The van der Waals surface area contributed by atoms with Gasteiger partial charge in [0.1, 0.15) is 0 Å². The Balaban J connectivity index is 2.73. The first kappa shape index (κ1) is 13.6. The Morgan fingerprint density at radius 1 is 1.47 bits per heavy atom.